The lowest BCUT2D eigenvalue weighted by Gasteiger charge is -2.02. The van der Waals surface area contributed by atoms with Gasteiger partial charge in [-0.3, -0.25) is 10.1 Å². The number of rotatable bonds is 4. The van der Waals surface area contributed by atoms with E-state index in [0.29, 0.717) is 22.1 Å². The van der Waals surface area contributed by atoms with E-state index in [0.717, 1.165) is 0 Å². The molecule has 4 rings (SSSR count). The average Bonchev–Trinajstić information content (AvgIpc) is 3.38. The second kappa shape index (κ2) is 7.38. The molecule has 0 aliphatic heterocycles. The molecule has 7 nitrogen and oxygen atoms in total. The summed E-state index contributed by atoms with van der Waals surface area (Å²) in [6.45, 7) is 0. The van der Waals surface area contributed by atoms with Crippen LogP contribution in [0.2, 0.25) is 0 Å². The van der Waals surface area contributed by atoms with Crippen LogP contribution in [0.3, 0.4) is 0 Å². The summed E-state index contributed by atoms with van der Waals surface area (Å²) in [5.74, 6) is -0.614. The van der Waals surface area contributed by atoms with Crippen LogP contribution >= 0.6 is 11.3 Å². The SMILES string of the molecule is N#Cc1cccc(-c2csc(NC(=O)c3cnoc3-c3ccc(F)cc3)n2)n1. The molecule has 9 heteroatoms. The fraction of sp³-hybridized carbons (Fsp3) is 0. The molecule has 0 saturated carbocycles. The van der Waals surface area contributed by atoms with Gasteiger partial charge >= 0.3 is 0 Å². The molecular weight excluding hydrogens is 381 g/mol. The quantitative estimate of drug-likeness (QED) is 0.561. The number of amides is 1. The first-order valence-electron chi connectivity index (χ1n) is 7.99. The largest absolute Gasteiger partial charge is 0.355 e. The topological polar surface area (TPSA) is 105 Å². The third-order valence-electron chi connectivity index (χ3n) is 3.77. The molecule has 4 aromatic rings. The lowest BCUT2D eigenvalue weighted by atomic mass is 10.1. The van der Waals surface area contributed by atoms with Crippen LogP contribution in [0.25, 0.3) is 22.7 Å². The molecule has 0 bridgehead atoms. The van der Waals surface area contributed by atoms with Crippen LogP contribution < -0.4 is 5.32 Å². The van der Waals surface area contributed by atoms with Gasteiger partial charge in [0.15, 0.2) is 10.9 Å². The molecule has 136 valence electrons. The van der Waals surface area contributed by atoms with E-state index >= 15 is 0 Å². The van der Waals surface area contributed by atoms with Crippen molar-refractivity contribution in [2.45, 2.75) is 0 Å². The van der Waals surface area contributed by atoms with Crippen molar-refractivity contribution in [1.29, 1.82) is 5.26 Å². The summed E-state index contributed by atoms with van der Waals surface area (Å²) in [7, 11) is 0. The Kier molecular flexibility index (Phi) is 4.62. The third kappa shape index (κ3) is 3.49. The fourth-order valence-corrected chi connectivity index (χ4v) is 3.16. The minimum atomic E-state index is -0.458. The molecule has 3 aromatic heterocycles. The van der Waals surface area contributed by atoms with Gasteiger partial charge in [-0.05, 0) is 36.4 Å². The highest BCUT2D eigenvalue weighted by Gasteiger charge is 2.19. The second-order valence-corrected chi connectivity index (χ2v) is 6.45. The van der Waals surface area contributed by atoms with Gasteiger partial charge in [-0.25, -0.2) is 14.4 Å². The van der Waals surface area contributed by atoms with Gasteiger partial charge in [-0.1, -0.05) is 11.2 Å². The lowest BCUT2D eigenvalue weighted by Crippen LogP contribution is -2.11. The van der Waals surface area contributed by atoms with Gasteiger partial charge in [0.2, 0.25) is 0 Å². The van der Waals surface area contributed by atoms with E-state index in [1.54, 1.807) is 23.6 Å². The molecule has 0 aliphatic carbocycles. The molecule has 0 unspecified atom stereocenters. The summed E-state index contributed by atoms with van der Waals surface area (Å²) >= 11 is 1.22. The minimum absolute atomic E-state index is 0.202. The molecule has 1 N–H and O–H groups in total. The van der Waals surface area contributed by atoms with Crippen molar-refractivity contribution in [3.8, 4) is 28.8 Å². The van der Waals surface area contributed by atoms with Crippen molar-refractivity contribution in [3.63, 3.8) is 0 Å². The van der Waals surface area contributed by atoms with Gasteiger partial charge in [0.25, 0.3) is 5.91 Å². The average molecular weight is 391 g/mol. The molecule has 0 aliphatic rings. The number of nitrogens with zero attached hydrogens (tertiary/aromatic N) is 4. The highest BCUT2D eigenvalue weighted by Crippen LogP contribution is 2.27. The Balaban J connectivity index is 1.56. The Morgan fingerprint density at radius 1 is 1.14 bits per heavy atom. The Bertz CT molecular complexity index is 1190. The maximum absolute atomic E-state index is 13.1. The van der Waals surface area contributed by atoms with Crippen molar-refractivity contribution >= 4 is 22.4 Å². The van der Waals surface area contributed by atoms with Crippen molar-refractivity contribution in [2.75, 3.05) is 5.32 Å². The van der Waals surface area contributed by atoms with Crippen LogP contribution in [0.5, 0.6) is 0 Å². The highest BCUT2D eigenvalue weighted by molar-refractivity contribution is 7.14. The maximum atomic E-state index is 13.1. The Morgan fingerprint density at radius 3 is 2.75 bits per heavy atom. The van der Waals surface area contributed by atoms with Gasteiger partial charge in [0.1, 0.15) is 28.8 Å². The molecule has 1 aromatic carbocycles. The number of anilines is 1. The van der Waals surface area contributed by atoms with Crippen LogP contribution in [-0.2, 0) is 0 Å². The predicted molar refractivity (Wildman–Crippen MR) is 99.9 cm³/mol. The highest BCUT2D eigenvalue weighted by atomic mass is 32.1. The van der Waals surface area contributed by atoms with Crippen molar-refractivity contribution in [2.24, 2.45) is 0 Å². The summed E-state index contributed by atoms with van der Waals surface area (Å²) < 4.78 is 18.3. The van der Waals surface area contributed by atoms with Gasteiger partial charge in [0.05, 0.1) is 11.9 Å². The lowest BCUT2D eigenvalue weighted by molar-refractivity contribution is 0.102. The summed E-state index contributed by atoms with van der Waals surface area (Å²) in [4.78, 5) is 21.1. The van der Waals surface area contributed by atoms with E-state index in [1.807, 2.05) is 6.07 Å². The zero-order valence-corrected chi connectivity index (χ0v) is 14.9. The maximum Gasteiger partial charge on any atom is 0.263 e. The molecule has 0 radical (unpaired) electrons. The van der Waals surface area contributed by atoms with Gasteiger partial charge in [-0.15, -0.1) is 11.3 Å². The van der Waals surface area contributed by atoms with E-state index in [2.05, 4.69) is 20.4 Å². The zero-order valence-electron chi connectivity index (χ0n) is 14.1. The van der Waals surface area contributed by atoms with Crippen LogP contribution in [0.1, 0.15) is 16.1 Å². The number of pyridine rings is 1. The number of aromatic nitrogens is 3. The molecular formula is C19H10FN5O2S. The van der Waals surface area contributed by atoms with Crippen LogP contribution in [-0.4, -0.2) is 21.0 Å². The van der Waals surface area contributed by atoms with Crippen molar-refractivity contribution in [3.05, 3.63) is 71.1 Å². The van der Waals surface area contributed by atoms with Crippen LogP contribution in [0.4, 0.5) is 9.52 Å². The smallest absolute Gasteiger partial charge is 0.263 e. The van der Waals surface area contributed by atoms with Gasteiger partial charge in [0, 0.05) is 10.9 Å². The zero-order chi connectivity index (χ0) is 19.5. The second-order valence-electron chi connectivity index (χ2n) is 5.59. The fourth-order valence-electron chi connectivity index (χ4n) is 2.46. The number of hydrogen-bond donors (Lipinski definition) is 1. The molecule has 28 heavy (non-hydrogen) atoms. The van der Waals surface area contributed by atoms with Gasteiger partial charge in [-0.2, -0.15) is 5.26 Å². The van der Waals surface area contributed by atoms with Crippen molar-refractivity contribution < 1.29 is 13.7 Å². The molecule has 1 amide bonds. The van der Waals surface area contributed by atoms with Crippen LogP contribution in [0.15, 0.2) is 58.6 Å². The number of carbonyl (C=O) groups is 1. The first-order chi connectivity index (χ1) is 13.6. The van der Waals surface area contributed by atoms with E-state index in [1.165, 1.54) is 41.8 Å². The molecule has 0 spiro atoms. The third-order valence-corrected chi connectivity index (χ3v) is 4.53. The predicted octanol–water partition coefficient (Wildman–Crippen LogP) is 4.12. The minimum Gasteiger partial charge on any atom is -0.355 e. The van der Waals surface area contributed by atoms with E-state index < -0.39 is 11.7 Å². The molecule has 0 fully saturated rings. The number of nitriles is 1. The van der Waals surface area contributed by atoms with Crippen molar-refractivity contribution in [1.82, 2.24) is 15.1 Å². The van der Waals surface area contributed by atoms with E-state index in [9.17, 15) is 9.18 Å². The van der Waals surface area contributed by atoms with E-state index in [4.69, 9.17) is 9.78 Å². The van der Waals surface area contributed by atoms with E-state index in [-0.39, 0.29) is 17.0 Å². The molecule has 0 saturated heterocycles. The Labute approximate surface area is 162 Å². The summed E-state index contributed by atoms with van der Waals surface area (Å²) in [5.41, 5.74) is 2.09. The number of nitrogens with one attached hydrogen (secondary N) is 1. The summed E-state index contributed by atoms with van der Waals surface area (Å²) in [6.07, 6.45) is 1.29. The first kappa shape index (κ1) is 17.5. The monoisotopic (exact) mass is 391 g/mol. The Hall–Kier alpha value is -3.90. The summed E-state index contributed by atoms with van der Waals surface area (Å²) in [6, 6.07) is 12.6. The number of hydrogen-bond acceptors (Lipinski definition) is 7. The van der Waals surface area contributed by atoms with Gasteiger partial charge < -0.3 is 4.52 Å². The normalized spacial score (nSPS) is 10.4. The number of carbonyl (C=O) groups excluding carboxylic acids is 1. The summed E-state index contributed by atoms with van der Waals surface area (Å²) in [5, 5.41) is 17.4. The van der Waals surface area contributed by atoms with Crippen LogP contribution in [0, 0.1) is 17.1 Å². The number of thiazole rings is 1. The number of benzene rings is 1. The Morgan fingerprint density at radius 2 is 1.96 bits per heavy atom. The standard InChI is InChI=1S/C19H10FN5O2S/c20-12-6-4-11(5-7-12)17-14(9-22-27-17)18(26)25-19-24-16(10-28-19)15-3-1-2-13(8-21)23-15/h1-7,9-10H,(H,24,25,26). The number of halogens is 1. The molecule has 3 heterocycles. The molecule has 0 atom stereocenters. The first-order valence-corrected chi connectivity index (χ1v) is 8.87.